The first-order chi connectivity index (χ1) is 13.8. The van der Waals surface area contributed by atoms with Gasteiger partial charge in [0.05, 0.1) is 22.7 Å². The number of hydrogen-bond acceptors (Lipinski definition) is 4. The fraction of sp³-hybridized carbons (Fsp3) is 0.368. The molecule has 0 spiro atoms. The van der Waals surface area contributed by atoms with Crippen molar-refractivity contribution in [2.24, 2.45) is 11.8 Å². The van der Waals surface area contributed by atoms with Gasteiger partial charge in [-0.3, -0.25) is 9.59 Å². The summed E-state index contributed by atoms with van der Waals surface area (Å²) in [5, 5.41) is 11.4. The van der Waals surface area contributed by atoms with E-state index >= 15 is 0 Å². The molecule has 10 heteroatoms. The Labute approximate surface area is 173 Å². The van der Waals surface area contributed by atoms with Crippen LogP contribution in [-0.4, -0.2) is 28.6 Å². The van der Waals surface area contributed by atoms with Crippen molar-refractivity contribution < 1.29 is 23.1 Å². The van der Waals surface area contributed by atoms with Crippen LogP contribution in [0.4, 0.5) is 18.9 Å². The van der Waals surface area contributed by atoms with Crippen LogP contribution in [-0.2, 0) is 6.54 Å². The maximum absolute atomic E-state index is 13.7. The van der Waals surface area contributed by atoms with Crippen molar-refractivity contribution in [1.29, 1.82) is 0 Å². The van der Waals surface area contributed by atoms with E-state index in [4.69, 9.17) is 16.7 Å². The summed E-state index contributed by atoms with van der Waals surface area (Å²) in [5.74, 6) is 4.56. The van der Waals surface area contributed by atoms with E-state index in [0.717, 1.165) is 36.4 Å². The minimum Gasteiger partial charge on any atom is -0.396 e. The van der Waals surface area contributed by atoms with Crippen molar-refractivity contribution in [3.05, 3.63) is 49.3 Å². The number of alkyl halides is 2. The van der Waals surface area contributed by atoms with Gasteiger partial charge in [0.15, 0.2) is 5.82 Å². The van der Waals surface area contributed by atoms with E-state index in [2.05, 4.69) is 17.2 Å². The van der Waals surface area contributed by atoms with Gasteiger partial charge in [-0.05, 0) is 24.8 Å². The third-order valence-corrected chi connectivity index (χ3v) is 5.81. The van der Waals surface area contributed by atoms with Crippen molar-refractivity contribution in [1.82, 2.24) is 4.57 Å². The second kappa shape index (κ2) is 9.03. The predicted molar refractivity (Wildman–Crippen MR) is 104 cm³/mol. The molecule has 2 N–H and O–H groups in total. The van der Waals surface area contributed by atoms with E-state index in [1.165, 1.54) is 6.07 Å². The van der Waals surface area contributed by atoms with E-state index < -0.39 is 30.3 Å². The molecule has 2 aromatic heterocycles. The molecule has 1 amide bonds. The van der Waals surface area contributed by atoms with Gasteiger partial charge in [-0.25, -0.2) is 13.2 Å². The first-order valence-corrected chi connectivity index (χ1v) is 9.87. The molecule has 1 aliphatic carbocycles. The van der Waals surface area contributed by atoms with Crippen molar-refractivity contribution in [2.75, 3.05) is 11.9 Å². The fourth-order valence-electron chi connectivity index (χ4n) is 2.89. The molecular weight excluding hydrogens is 429 g/mol. The number of amides is 1. The molecule has 5 nitrogen and oxygen atoms in total. The minimum absolute atomic E-state index is 0.130. The van der Waals surface area contributed by atoms with E-state index in [-0.39, 0.29) is 29.0 Å². The lowest BCUT2D eigenvalue weighted by molar-refractivity contribution is 0.103. The number of carbonyl (C=O) groups excluding carboxylic acids is 1. The summed E-state index contributed by atoms with van der Waals surface area (Å²) in [7, 11) is 0. The van der Waals surface area contributed by atoms with Crippen molar-refractivity contribution in [2.45, 2.75) is 25.8 Å². The van der Waals surface area contributed by atoms with Gasteiger partial charge in [-0.2, -0.15) is 0 Å². The number of pyridine rings is 1. The molecule has 0 aromatic carbocycles. The number of carbonyl (C=O) groups is 1. The Kier molecular flexibility index (Phi) is 6.67. The number of hydrogen-bond donors (Lipinski definition) is 2. The monoisotopic (exact) mass is 444 g/mol. The molecule has 29 heavy (non-hydrogen) atoms. The Morgan fingerprint density at radius 1 is 1.41 bits per heavy atom. The van der Waals surface area contributed by atoms with Gasteiger partial charge in [0, 0.05) is 24.8 Å². The quantitative estimate of drug-likeness (QED) is 0.692. The summed E-state index contributed by atoms with van der Waals surface area (Å²) >= 11 is 7.10. The number of aliphatic hydroxyl groups excluding tert-OH is 1. The summed E-state index contributed by atoms with van der Waals surface area (Å²) < 4.78 is 39.6. The summed E-state index contributed by atoms with van der Waals surface area (Å²) in [6, 6.07) is 2.26. The number of halogens is 4. The van der Waals surface area contributed by atoms with Crippen LogP contribution >= 0.6 is 22.9 Å². The molecule has 2 aromatic rings. The third kappa shape index (κ3) is 5.21. The van der Waals surface area contributed by atoms with Gasteiger partial charge in [-0.15, -0.1) is 11.3 Å². The highest BCUT2D eigenvalue weighted by atomic mass is 35.5. The van der Waals surface area contributed by atoms with Gasteiger partial charge in [0.2, 0.25) is 0 Å². The average Bonchev–Trinajstić information content (AvgIpc) is 2.99. The van der Waals surface area contributed by atoms with Crippen LogP contribution in [0.3, 0.4) is 0 Å². The predicted octanol–water partition coefficient (Wildman–Crippen LogP) is 3.59. The molecule has 0 radical (unpaired) electrons. The van der Waals surface area contributed by atoms with Gasteiger partial charge < -0.3 is 15.0 Å². The SMILES string of the molecule is O=C(Nc1cc(F)c(=O)n(CC(F)F)c1)c1cc(C#C[C@H]2C[C@@H](CO)C2)c(Cl)s1. The lowest BCUT2D eigenvalue weighted by Gasteiger charge is -2.29. The zero-order valence-corrected chi connectivity index (χ0v) is 16.5. The Hall–Kier alpha value is -2.28. The first-order valence-electron chi connectivity index (χ1n) is 8.68. The van der Waals surface area contributed by atoms with Crippen LogP contribution in [0.1, 0.15) is 28.1 Å². The molecular formula is C19H16ClF3N2O3S. The topological polar surface area (TPSA) is 71.3 Å². The average molecular weight is 445 g/mol. The van der Waals surface area contributed by atoms with E-state index in [9.17, 15) is 22.8 Å². The van der Waals surface area contributed by atoms with Crippen molar-refractivity contribution >= 4 is 34.5 Å². The molecule has 0 atom stereocenters. The Morgan fingerprint density at radius 3 is 2.79 bits per heavy atom. The fourth-order valence-corrected chi connectivity index (χ4v) is 3.98. The zero-order chi connectivity index (χ0) is 21.1. The molecule has 1 saturated carbocycles. The number of thiophene rings is 1. The van der Waals surface area contributed by atoms with Crippen LogP contribution in [0.5, 0.6) is 0 Å². The molecule has 3 rings (SSSR count). The molecule has 0 bridgehead atoms. The highest BCUT2D eigenvalue weighted by molar-refractivity contribution is 7.18. The summed E-state index contributed by atoms with van der Waals surface area (Å²) in [6.45, 7) is -0.838. The van der Waals surface area contributed by atoms with Gasteiger partial charge in [-0.1, -0.05) is 23.4 Å². The maximum Gasteiger partial charge on any atom is 0.286 e. The van der Waals surface area contributed by atoms with Gasteiger partial charge >= 0.3 is 0 Å². The lowest BCUT2D eigenvalue weighted by atomic mass is 9.76. The number of anilines is 1. The third-order valence-electron chi connectivity index (χ3n) is 4.45. The number of rotatable bonds is 5. The highest BCUT2D eigenvalue weighted by Crippen LogP contribution is 2.33. The Morgan fingerprint density at radius 2 is 2.14 bits per heavy atom. The summed E-state index contributed by atoms with van der Waals surface area (Å²) in [6.07, 6.45) is -0.255. The van der Waals surface area contributed by atoms with Crippen LogP contribution in [0.15, 0.2) is 23.1 Å². The van der Waals surface area contributed by atoms with E-state index in [1.807, 2.05) is 0 Å². The molecule has 0 aliphatic heterocycles. The molecule has 0 saturated heterocycles. The number of nitrogens with zero attached hydrogens (tertiary/aromatic N) is 1. The molecule has 154 valence electrons. The largest absolute Gasteiger partial charge is 0.396 e. The summed E-state index contributed by atoms with van der Waals surface area (Å²) in [4.78, 5) is 24.2. The zero-order valence-electron chi connectivity index (χ0n) is 14.9. The second-order valence-electron chi connectivity index (χ2n) is 6.66. The number of nitrogens with one attached hydrogen (secondary N) is 1. The van der Waals surface area contributed by atoms with Crippen LogP contribution in [0.2, 0.25) is 4.34 Å². The lowest BCUT2D eigenvalue weighted by Crippen LogP contribution is -2.26. The van der Waals surface area contributed by atoms with Crippen LogP contribution < -0.4 is 10.9 Å². The van der Waals surface area contributed by atoms with E-state index in [1.54, 1.807) is 0 Å². The second-order valence-corrected chi connectivity index (χ2v) is 8.32. The number of aliphatic hydroxyl groups is 1. The van der Waals surface area contributed by atoms with Crippen LogP contribution in [0, 0.1) is 29.5 Å². The molecule has 0 unspecified atom stereocenters. The standard InChI is InChI=1S/C19H16ClF3N2O3S/c20-17-12(2-1-10-3-11(4-10)9-26)5-15(29-17)18(27)24-13-6-14(21)19(28)25(7-13)8-16(22)23/h5-7,10-11,16,26H,3-4,8-9H2,(H,24,27)/t10-,11+. The highest BCUT2D eigenvalue weighted by Gasteiger charge is 2.26. The van der Waals surface area contributed by atoms with Crippen LogP contribution in [0.25, 0.3) is 0 Å². The van der Waals surface area contributed by atoms with Crippen molar-refractivity contribution in [3.63, 3.8) is 0 Å². The maximum atomic E-state index is 13.7. The molecule has 1 aliphatic rings. The molecule has 1 fully saturated rings. The summed E-state index contributed by atoms with van der Waals surface area (Å²) in [5.41, 5.74) is -0.850. The normalized spacial score (nSPS) is 18.1. The molecule has 2 heterocycles. The van der Waals surface area contributed by atoms with E-state index in [0.29, 0.717) is 14.5 Å². The number of aromatic nitrogens is 1. The van der Waals surface area contributed by atoms with Crippen molar-refractivity contribution in [3.8, 4) is 11.8 Å². The minimum atomic E-state index is -2.85. The van der Waals surface area contributed by atoms with Gasteiger partial charge in [0.25, 0.3) is 17.9 Å². The first kappa shape index (κ1) is 21.4. The van der Waals surface area contributed by atoms with Gasteiger partial charge in [0.1, 0.15) is 4.34 Å². The Bertz CT molecular complexity index is 1040. The Balaban J connectivity index is 1.73. The smallest absolute Gasteiger partial charge is 0.286 e.